The van der Waals surface area contributed by atoms with Crippen molar-refractivity contribution in [1.29, 1.82) is 5.41 Å². The number of methoxy groups -OCH3 is 1. The molecule has 0 saturated heterocycles. The topological polar surface area (TPSA) is 106 Å². The van der Waals surface area contributed by atoms with E-state index in [2.05, 4.69) is 0 Å². The Bertz CT molecular complexity index is 357. The van der Waals surface area contributed by atoms with Gasteiger partial charge in [-0.15, -0.1) is 0 Å². The lowest BCUT2D eigenvalue weighted by Crippen LogP contribution is -2.38. The summed E-state index contributed by atoms with van der Waals surface area (Å²) in [6.45, 7) is 4.62. The smallest absolute Gasteiger partial charge is 0.216 e. The molecule has 0 radical (unpaired) electrons. The van der Waals surface area contributed by atoms with E-state index in [9.17, 15) is 8.42 Å². The third-order valence-electron chi connectivity index (χ3n) is 2.36. The van der Waals surface area contributed by atoms with Crippen LogP contribution in [0.3, 0.4) is 0 Å². The van der Waals surface area contributed by atoms with Crippen molar-refractivity contribution in [1.82, 2.24) is 4.31 Å². The van der Waals surface area contributed by atoms with Crippen LogP contribution in [0.4, 0.5) is 0 Å². The zero-order valence-corrected chi connectivity index (χ0v) is 12.7. The van der Waals surface area contributed by atoms with Gasteiger partial charge in [0, 0.05) is 26.6 Å². The maximum atomic E-state index is 12.1. The molecule has 0 fully saturated rings. The second-order valence-electron chi connectivity index (χ2n) is 4.40. The normalized spacial score (nSPS) is 12.3. The van der Waals surface area contributed by atoms with Gasteiger partial charge in [-0.1, -0.05) is 0 Å². The highest BCUT2D eigenvalue weighted by Gasteiger charge is 2.21. The Morgan fingerprint density at radius 3 is 2.42 bits per heavy atom. The predicted molar refractivity (Wildman–Crippen MR) is 74.9 cm³/mol. The summed E-state index contributed by atoms with van der Waals surface area (Å²) >= 11 is 0. The summed E-state index contributed by atoms with van der Waals surface area (Å²) in [4.78, 5) is 0. The van der Waals surface area contributed by atoms with Crippen LogP contribution < -0.4 is 5.73 Å². The van der Waals surface area contributed by atoms with Gasteiger partial charge in [0.25, 0.3) is 0 Å². The van der Waals surface area contributed by atoms with Crippen molar-refractivity contribution in [2.24, 2.45) is 5.73 Å². The van der Waals surface area contributed by atoms with Crippen molar-refractivity contribution in [3.05, 3.63) is 0 Å². The standard InChI is InChI=1S/C11H25N3O4S/c1-10(2)18-8-9-19(15,16)14(6-7-17-3)5-4-11(12)13/h10H,4-9H2,1-3H3,(H3,12,13). The Balaban J connectivity index is 4.47. The van der Waals surface area contributed by atoms with Gasteiger partial charge in [-0.2, -0.15) is 4.31 Å². The van der Waals surface area contributed by atoms with Crippen LogP contribution in [0.25, 0.3) is 0 Å². The van der Waals surface area contributed by atoms with E-state index in [1.54, 1.807) is 0 Å². The molecule has 8 heteroatoms. The molecule has 114 valence electrons. The minimum Gasteiger partial charge on any atom is -0.388 e. The molecule has 0 aliphatic rings. The summed E-state index contributed by atoms with van der Waals surface area (Å²) in [6.07, 6.45) is 0.216. The lowest BCUT2D eigenvalue weighted by atomic mass is 10.4. The number of hydrogen-bond acceptors (Lipinski definition) is 5. The van der Waals surface area contributed by atoms with Crippen molar-refractivity contribution in [2.45, 2.75) is 26.4 Å². The van der Waals surface area contributed by atoms with E-state index in [-0.39, 0.29) is 43.8 Å². The largest absolute Gasteiger partial charge is 0.388 e. The van der Waals surface area contributed by atoms with Gasteiger partial charge in [-0.05, 0) is 13.8 Å². The minimum absolute atomic E-state index is 0.000144. The highest BCUT2D eigenvalue weighted by molar-refractivity contribution is 7.89. The summed E-state index contributed by atoms with van der Waals surface area (Å²) < 4.78 is 35.7. The van der Waals surface area contributed by atoms with Gasteiger partial charge in [-0.25, -0.2) is 8.42 Å². The van der Waals surface area contributed by atoms with E-state index in [0.717, 1.165) is 0 Å². The van der Waals surface area contributed by atoms with Crippen LogP contribution in [0.1, 0.15) is 20.3 Å². The number of sulfonamides is 1. The molecule has 0 spiro atoms. The van der Waals surface area contributed by atoms with Crippen LogP contribution in [-0.2, 0) is 19.5 Å². The zero-order chi connectivity index (χ0) is 14.9. The molecule has 0 aromatic rings. The second kappa shape index (κ2) is 9.24. The molecule has 3 N–H and O–H groups in total. The minimum atomic E-state index is -3.41. The number of rotatable bonds is 11. The summed E-state index contributed by atoms with van der Waals surface area (Å²) in [5.41, 5.74) is 5.26. The van der Waals surface area contributed by atoms with E-state index in [1.165, 1.54) is 11.4 Å². The molecular formula is C11H25N3O4S. The van der Waals surface area contributed by atoms with Gasteiger partial charge < -0.3 is 15.2 Å². The zero-order valence-electron chi connectivity index (χ0n) is 11.9. The van der Waals surface area contributed by atoms with Crippen LogP contribution in [0.2, 0.25) is 0 Å². The average molecular weight is 295 g/mol. The number of hydrogen-bond donors (Lipinski definition) is 2. The Morgan fingerprint density at radius 2 is 1.95 bits per heavy atom. The molecule has 0 saturated carbocycles. The predicted octanol–water partition coefficient (Wildman–Crippen LogP) is 0.0157. The van der Waals surface area contributed by atoms with Crippen molar-refractivity contribution in [3.8, 4) is 0 Å². The number of ether oxygens (including phenoxy) is 2. The molecule has 0 atom stereocenters. The molecule has 0 rings (SSSR count). The lowest BCUT2D eigenvalue weighted by molar-refractivity contribution is 0.0905. The van der Waals surface area contributed by atoms with Crippen LogP contribution in [0.5, 0.6) is 0 Å². The fourth-order valence-electron chi connectivity index (χ4n) is 1.35. The first-order valence-corrected chi connectivity index (χ1v) is 7.81. The quantitative estimate of drug-likeness (QED) is 0.413. The molecule has 0 heterocycles. The first kappa shape index (κ1) is 18.3. The van der Waals surface area contributed by atoms with Gasteiger partial charge >= 0.3 is 0 Å². The van der Waals surface area contributed by atoms with Crippen molar-refractivity contribution in [2.75, 3.05) is 39.2 Å². The van der Waals surface area contributed by atoms with Crippen LogP contribution in [-0.4, -0.2) is 63.8 Å². The van der Waals surface area contributed by atoms with Crippen LogP contribution >= 0.6 is 0 Å². The van der Waals surface area contributed by atoms with E-state index < -0.39 is 10.0 Å². The molecule has 7 nitrogen and oxygen atoms in total. The molecule has 0 aliphatic carbocycles. The van der Waals surface area contributed by atoms with Gasteiger partial charge in [0.15, 0.2) is 0 Å². The fraction of sp³-hybridized carbons (Fsp3) is 0.909. The molecule has 0 aromatic carbocycles. The fourth-order valence-corrected chi connectivity index (χ4v) is 2.63. The average Bonchev–Trinajstić information content (AvgIpc) is 2.27. The Morgan fingerprint density at radius 1 is 1.32 bits per heavy atom. The summed E-state index contributed by atoms with van der Waals surface area (Å²) in [7, 11) is -1.90. The molecule has 0 aliphatic heterocycles. The number of nitrogens with one attached hydrogen (secondary N) is 1. The highest BCUT2D eigenvalue weighted by Crippen LogP contribution is 2.04. The van der Waals surface area contributed by atoms with Crippen molar-refractivity contribution in [3.63, 3.8) is 0 Å². The van der Waals surface area contributed by atoms with E-state index in [1.807, 2.05) is 13.8 Å². The van der Waals surface area contributed by atoms with Crippen molar-refractivity contribution < 1.29 is 17.9 Å². The monoisotopic (exact) mass is 295 g/mol. The second-order valence-corrected chi connectivity index (χ2v) is 6.49. The lowest BCUT2D eigenvalue weighted by Gasteiger charge is -2.21. The van der Waals surface area contributed by atoms with Crippen LogP contribution in [0, 0.1) is 5.41 Å². The first-order valence-electron chi connectivity index (χ1n) is 6.21. The molecule has 0 aromatic heterocycles. The van der Waals surface area contributed by atoms with E-state index in [0.29, 0.717) is 6.61 Å². The SMILES string of the molecule is COCCN(CCC(=N)N)S(=O)(=O)CCOC(C)C. The van der Waals surface area contributed by atoms with Gasteiger partial charge in [0.1, 0.15) is 0 Å². The molecular weight excluding hydrogens is 270 g/mol. The highest BCUT2D eigenvalue weighted by atomic mass is 32.2. The Kier molecular flexibility index (Phi) is 8.90. The number of nitrogens with zero attached hydrogens (tertiary/aromatic N) is 1. The third kappa shape index (κ3) is 8.93. The van der Waals surface area contributed by atoms with Gasteiger partial charge in [0.05, 0.1) is 30.9 Å². The van der Waals surface area contributed by atoms with E-state index in [4.69, 9.17) is 20.6 Å². The molecule has 19 heavy (non-hydrogen) atoms. The molecule has 0 bridgehead atoms. The van der Waals surface area contributed by atoms with Crippen molar-refractivity contribution >= 4 is 15.9 Å². The molecule has 0 amide bonds. The molecule has 0 unspecified atom stereocenters. The first-order chi connectivity index (χ1) is 8.79. The maximum absolute atomic E-state index is 12.1. The Labute approximate surface area is 115 Å². The maximum Gasteiger partial charge on any atom is 0.216 e. The van der Waals surface area contributed by atoms with Crippen LogP contribution in [0.15, 0.2) is 0 Å². The summed E-state index contributed by atoms with van der Waals surface area (Å²) in [5, 5.41) is 7.16. The van der Waals surface area contributed by atoms with E-state index >= 15 is 0 Å². The number of nitrogens with two attached hydrogens (primary N) is 1. The van der Waals surface area contributed by atoms with Gasteiger partial charge in [0.2, 0.25) is 10.0 Å². The summed E-state index contributed by atoms with van der Waals surface area (Å²) in [6, 6.07) is 0. The Hall–Kier alpha value is -0.700. The summed E-state index contributed by atoms with van der Waals surface area (Å²) in [5.74, 6) is -0.108. The van der Waals surface area contributed by atoms with Gasteiger partial charge in [-0.3, -0.25) is 5.41 Å². The number of amidine groups is 1. The third-order valence-corrected chi connectivity index (χ3v) is 4.20.